The SMILES string of the molecule is [B]c1ccc(C(=O)C=Cc2ccccc2I)cc1. The van der Waals surface area contributed by atoms with Crippen molar-refractivity contribution in [3.05, 3.63) is 69.3 Å². The molecule has 0 amide bonds. The van der Waals surface area contributed by atoms with Crippen LogP contribution in [-0.4, -0.2) is 13.6 Å². The van der Waals surface area contributed by atoms with Crippen molar-refractivity contribution in [2.24, 2.45) is 0 Å². The molecule has 3 heteroatoms. The van der Waals surface area contributed by atoms with Gasteiger partial charge in [-0.2, -0.15) is 0 Å². The second kappa shape index (κ2) is 6.00. The first-order chi connectivity index (χ1) is 8.66. The van der Waals surface area contributed by atoms with Crippen LogP contribution in [0.2, 0.25) is 0 Å². The van der Waals surface area contributed by atoms with Gasteiger partial charge in [0.25, 0.3) is 0 Å². The Kier molecular flexibility index (Phi) is 4.36. The summed E-state index contributed by atoms with van der Waals surface area (Å²) in [5.41, 5.74) is 2.35. The Morgan fingerprint density at radius 1 is 1.06 bits per heavy atom. The van der Waals surface area contributed by atoms with E-state index in [0.29, 0.717) is 11.0 Å². The van der Waals surface area contributed by atoms with E-state index in [1.807, 2.05) is 30.3 Å². The summed E-state index contributed by atoms with van der Waals surface area (Å²) >= 11 is 2.25. The van der Waals surface area contributed by atoms with Gasteiger partial charge in [-0.15, -0.1) is 0 Å². The summed E-state index contributed by atoms with van der Waals surface area (Å²) in [6, 6.07) is 14.8. The van der Waals surface area contributed by atoms with Crippen LogP contribution in [0.4, 0.5) is 0 Å². The highest BCUT2D eigenvalue weighted by molar-refractivity contribution is 14.1. The van der Waals surface area contributed by atoms with Crippen LogP contribution < -0.4 is 5.46 Å². The number of hydrogen-bond acceptors (Lipinski definition) is 1. The highest BCUT2D eigenvalue weighted by Crippen LogP contribution is 2.13. The smallest absolute Gasteiger partial charge is 0.185 e. The molecule has 0 aliphatic carbocycles. The number of halogens is 1. The summed E-state index contributed by atoms with van der Waals surface area (Å²) in [4.78, 5) is 11.9. The highest BCUT2D eigenvalue weighted by atomic mass is 127. The minimum atomic E-state index is -0.0188. The van der Waals surface area contributed by atoms with Gasteiger partial charge in [-0.25, -0.2) is 0 Å². The Morgan fingerprint density at radius 2 is 1.72 bits per heavy atom. The zero-order chi connectivity index (χ0) is 13.0. The average Bonchev–Trinajstić information content (AvgIpc) is 2.38. The number of hydrogen-bond donors (Lipinski definition) is 0. The second-order valence-electron chi connectivity index (χ2n) is 3.84. The molecule has 86 valence electrons. The highest BCUT2D eigenvalue weighted by Gasteiger charge is 2.01. The fourth-order valence-electron chi connectivity index (χ4n) is 1.52. The molecule has 2 aromatic carbocycles. The average molecular weight is 344 g/mol. The molecule has 0 spiro atoms. The van der Waals surface area contributed by atoms with Crippen LogP contribution in [0.25, 0.3) is 6.08 Å². The van der Waals surface area contributed by atoms with Crippen LogP contribution in [-0.2, 0) is 0 Å². The molecule has 0 saturated heterocycles. The zero-order valence-electron chi connectivity index (χ0n) is 9.64. The normalized spacial score (nSPS) is 10.7. The van der Waals surface area contributed by atoms with E-state index in [4.69, 9.17) is 7.85 Å². The molecular formula is C15H10BIO. The third-order valence-corrected chi connectivity index (χ3v) is 3.50. The number of rotatable bonds is 3. The number of benzene rings is 2. The first-order valence-corrected chi connectivity index (χ1v) is 6.57. The fraction of sp³-hybridized carbons (Fsp3) is 0. The van der Waals surface area contributed by atoms with E-state index in [1.54, 1.807) is 30.3 Å². The molecule has 0 aliphatic rings. The van der Waals surface area contributed by atoms with Crippen LogP contribution in [0.1, 0.15) is 15.9 Å². The summed E-state index contributed by atoms with van der Waals surface area (Å²) in [5.74, 6) is -0.0188. The number of carbonyl (C=O) groups is 1. The molecule has 0 heterocycles. The van der Waals surface area contributed by atoms with Gasteiger partial charge in [0.1, 0.15) is 7.85 Å². The van der Waals surface area contributed by atoms with E-state index in [1.165, 1.54) is 0 Å². The van der Waals surface area contributed by atoms with Gasteiger partial charge in [-0.1, -0.05) is 54.0 Å². The van der Waals surface area contributed by atoms with Crippen LogP contribution >= 0.6 is 22.6 Å². The summed E-state index contributed by atoms with van der Waals surface area (Å²) < 4.78 is 1.12. The Morgan fingerprint density at radius 3 is 2.39 bits per heavy atom. The van der Waals surface area contributed by atoms with Gasteiger partial charge in [-0.3, -0.25) is 4.79 Å². The van der Waals surface area contributed by atoms with Gasteiger partial charge in [0, 0.05) is 9.13 Å². The summed E-state index contributed by atoms with van der Waals surface area (Å²) in [6.45, 7) is 0. The molecule has 2 rings (SSSR count). The van der Waals surface area contributed by atoms with E-state index < -0.39 is 0 Å². The summed E-state index contributed by atoms with van der Waals surface area (Å²) in [7, 11) is 5.58. The van der Waals surface area contributed by atoms with Gasteiger partial charge in [-0.05, 0) is 40.3 Å². The van der Waals surface area contributed by atoms with Crippen LogP contribution in [0, 0.1) is 3.57 Å². The van der Waals surface area contributed by atoms with E-state index in [0.717, 1.165) is 9.13 Å². The first-order valence-electron chi connectivity index (χ1n) is 5.49. The van der Waals surface area contributed by atoms with E-state index >= 15 is 0 Å². The van der Waals surface area contributed by atoms with E-state index in [9.17, 15) is 4.79 Å². The minimum absolute atomic E-state index is 0.0188. The lowest BCUT2D eigenvalue weighted by atomic mass is 9.94. The van der Waals surface area contributed by atoms with Crippen molar-refractivity contribution in [2.45, 2.75) is 0 Å². The predicted molar refractivity (Wildman–Crippen MR) is 84.4 cm³/mol. The molecule has 1 nitrogen and oxygen atoms in total. The van der Waals surface area contributed by atoms with E-state index in [2.05, 4.69) is 22.6 Å². The molecule has 0 aliphatic heterocycles. The fourth-order valence-corrected chi connectivity index (χ4v) is 2.09. The maximum absolute atomic E-state index is 11.9. The topological polar surface area (TPSA) is 17.1 Å². The van der Waals surface area contributed by atoms with Crippen molar-refractivity contribution < 1.29 is 4.79 Å². The van der Waals surface area contributed by atoms with Crippen LogP contribution in [0.15, 0.2) is 54.6 Å². The lowest BCUT2D eigenvalue weighted by Gasteiger charge is -1.98. The van der Waals surface area contributed by atoms with Gasteiger partial charge >= 0.3 is 0 Å². The van der Waals surface area contributed by atoms with Gasteiger partial charge in [0.2, 0.25) is 0 Å². The molecular weight excluding hydrogens is 334 g/mol. The van der Waals surface area contributed by atoms with Crippen molar-refractivity contribution in [3.63, 3.8) is 0 Å². The number of ketones is 1. The molecule has 2 radical (unpaired) electrons. The molecule has 0 bridgehead atoms. The molecule has 0 fully saturated rings. The molecule has 0 atom stereocenters. The maximum atomic E-state index is 11.9. The summed E-state index contributed by atoms with van der Waals surface area (Å²) in [5, 5.41) is 0. The predicted octanol–water partition coefficient (Wildman–Crippen LogP) is 2.98. The molecule has 2 aromatic rings. The molecule has 0 unspecified atom stereocenters. The quantitative estimate of drug-likeness (QED) is 0.362. The molecule has 0 saturated carbocycles. The monoisotopic (exact) mass is 344 g/mol. The van der Waals surface area contributed by atoms with Crippen LogP contribution in [0.3, 0.4) is 0 Å². The van der Waals surface area contributed by atoms with Gasteiger partial charge < -0.3 is 0 Å². The van der Waals surface area contributed by atoms with Gasteiger partial charge in [0.05, 0.1) is 0 Å². The Balaban J connectivity index is 2.17. The van der Waals surface area contributed by atoms with Crippen molar-refractivity contribution in [1.82, 2.24) is 0 Å². The van der Waals surface area contributed by atoms with E-state index in [-0.39, 0.29) is 5.78 Å². The largest absolute Gasteiger partial charge is 0.289 e. The maximum Gasteiger partial charge on any atom is 0.185 e. The lowest BCUT2D eigenvalue weighted by molar-refractivity contribution is 0.104. The molecule has 0 aromatic heterocycles. The summed E-state index contributed by atoms with van der Waals surface area (Å²) in [6.07, 6.45) is 3.42. The van der Waals surface area contributed by atoms with Crippen molar-refractivity contribution in [3.8, 4) is 0 Å². The zero-order valence-corrected chi connectivity index (χ0v) is 11.8. The van der Waals surface area contributed by atoms with Crippen molar-refractivity contribution in [1.29, 1.82) is 0 Å². The molecule has 18 heavy (non-hydrogen) atoms. The van der Waals surface area contributed by atoms with Crippen molar-refractivity contribution in [2.75, 3.05) is 0 Å². The molecule has 0 N–H and O–H groups in total. The third kappa shape index (κ3) is 3.32. The van der Waals surface area contributed by atoms with Crippen molar-refractivity contribution >= 4 is 47.8 Å². The Labute approximate surface area is 121 Å². The van der Waals surface area contributed by atoms with Gasteiger partial charge in [0.15, 0.2) is 5.78 Å². The van der Waals surface area contributed by atoms with Crippen LogP contribution in [0.5, 0.6) is 0 Å². The minimum Gasteiger partial charge on any atom is -0.289 e. The second-order valence-corrected chi connectivity index (χ2v) is 5.00. The Bertz CT molecular complexity index is 588. The first kappa shape index (κ1) is 13.1. The number of carbonyl (C=O) groups excluding carboxylic acids is 1. The third-order valence-electron chi connectivity index (χ3n) is 2.51. The lowest BCUT2D eigenvalue weighted by Crippen LogP contribution is -2.03. The number of allylic oxidation sites excluding steroid dienone is 1. The standard InChI is InChI=1S/C15H10BIO/c16-13-8-5-12(6-9-13)15(18)10-7-11-3-1-2-4-14(11)17/h1-10H. The Hall–Kier alpha value is -1.36.